The lowest BCUT2D eigenvalue weighted by atomic mass is 10.0. The Kier molecular flexibility index (Phi) is 18.0. The van der Waals surface area contributed by atoms with E-state index in [1.807, 2.05) is 20.8 Å². The first-order valence-electron chi connectivity index (χ1n) is 12.4. The summed E-state index contributed by atoms with van der Waals surface area (Å²) in [7, 11) is 0. The lowest BCUT2D eigenvalue weighted by Gasteiger charge is -2.20. The van der Waals surface area contributed by atoms with Gasteiger partial charge in [0.25, 0.3) is 0 Å². The number of carbonyl (C=O) groups excluding carboxylic acids is 2. The van der Waals surface area contributed by atoms with Crippen LogP contribution in [0.3, 0.4) is 0 Å². The first-order valence-corrected chi connectivity index (χ1v) is 12.4. The van der Waals surface area contributed by atoms with Gasteiger partial charge in [-0.1, -0.05) is 90.4 Å². The van der Waals surface area contributed by atoms with Crippen LogP contribution >= 0.6 is 0 Å². The molecular weight excluding hydrogens is 378 g/mol. The third-order valence-electron chi connectivity index (χ3n) is 5.12. The van der Waals surface area contributed by atoms with E-state index in [-0.39, 0.29) is 18.8 Å². The maximum absolute atomic E-state index is 11.9. The van der Waals surface area contributed by atoms with Crippen LogP contribution in [0.5, 0.6) is 0 Å². The van der Waals surface area contributed by atoms with Gasteiger partial charge in [0.1, 0.15) is 11.6 Å². The van der Waals surface area contributed by atoms with Gasteiger partial charge in [0, 0.05) is 6.42 Å². The van der Waals surface area contributed by atoms with Crippen LogP contribution < -0.4 is 5.73 Å². The van der Waals surface area contributed by atoms with E-state index in [1.165, 1.54) is 77.0 Å². The molecule has 0 rings (SSSR count). The minimum absolute atomic E-state index is 0.131. The lowest BCUT2D eigenvalue weighted by molar-refractivity contribution is -0.155. The summed E-state index contributed by atoms with van der Waals surface area (Å²) in [4.78, 5) is 23.5. The average molecular weight is 428 g/mol. The maximum atomic E-state index is 11.9. The van der Waals surface area contributed by atoms with Crippen LogP contribution in [0.2, 0.25) is 0 Å². The summed E-state index contributed by atoms with van der Waals surface area (Å²) >= 11 is 0. The number of ether oxygens (including phenoxy) is 2. The summed E-state index contributed by atoms with van der Waals surface area (Å²) in [6.45, 7) is 8.12. The molecule has 0 saturated heterocycles. The van der Waals surface area contributed by atoms with Crippen molar-refractivity contribution < 1.29 is 19.1 Å². The van der Waals surface area contributed by atoms with Crippen LogP contribution in [-0.4, -0.2) is 30.2 Å². The van der Waals surface area contributed by atoms with Crippen molar-refractivity contribution in [3.8, 4) is 0 Å². The van der Waals surface area contributed by atoms with Crippen LogP contribution in [0.4, 0.5) is 0 Å². The van der Waals surface area contributed by atoms with Crippen molar-refractivity contribution in [2.24, 2.45) is 5.73 Å². The van der Waals surface area contributed by atoms with Gasteiger partial charge in [0.2, 0.25) is 0 Å². The fourth-order valence-corrected chi connectivity index (χ4v) is 3.36. The molecule has 2 N–H and O–H groups in total. The second-order valence-electron chi connectivity index (χ2n) is 9.50. The van der Waals surface area contributed by atoms with E-state index in [0.717, 1.165) is 12.8 Å². The van der Waals surface area contributed by atoms with Gasteiger partial charge >= 0.3 is 11.9 Å². The molecule has 5 nitrogen and oxygen atoms in total. The van der Waals surface area contributed by atoms with Gasteiger partial charge in [-0.15, -0.1) is 0 Å². The van der Waals surface area contributed by atoms with E-state index < -0.39 is 17.6 Å². The molecule has 0 aliphatic heterocycles. The Hall–Kier alpha value is -1.10. The van der Waals surface area contributed by atoms with E-state index in [2.05, 4.69) is 6.92 Å². The van der Waals surface area contributed by atoms with Gasteiger partial charge in [-0.05, 0) is 33.6 Å². The molecule has 0 spiro atoms. The number of carbonyl (C=O) groups is 2. The predicted octanol–water partition coefficient (Wildman–Crippen LogP) is 6.46. The first kappa shape index (κ1) is 28.9. The molecule has 0 saturated carbocycles. The molecule has 0 aromatic carbocycles. The minimum Gasteiger partial charge on any atom is -0.465 e. The van der Waals surface area contributed by atoms with E-state index in [1.54, 1.807) is 0 Å². The zero-order valence-electron chi connectivity index (χ0n) is 20.3. The minimum atomic E-state index is -0.760. The van der Waals surface area contributed by atoms with Gasteiger partial charge in [-0.3, -0.25) is 9.59 Å². The van der Waals surface area contributed by atoms with Crippen molar-refractivity contribution in [1.82, 2.24) is 0 Å². The lowest BCUT2D eigenvalue weighted by Crippen LogP contribution is -2.34. The Morgan fingerprint density at radius 2 is 1.20 bits per heavy atom. The largest absolute Gasteiger partial charge is 0.465 e. The molecule has 5 heteroatoms. The van der Waals surface area contributed by atoms with Gasteiger partial charge in [0.15, 0.2) is 0 Å². The summed E-state index contributed by atoms with van der Waals surface area (Å²) in [5.74, 6) is -0.758. The van der Waals surface area contributed by atoms with Gasteiger partial charge in [-0.2, -0.15) is 0 Å². The molecule has 178 valence electrons. The van der Waals surface area contributed by atoms with Crippen molar-refractivity contribution in [3.05, 3.63) is 0 Å². The van der Waals surface area contributed by atoms with Crippen molar-refractivity contribution >= 4 is 11.9 Å². The molecule has 0 aromatic heterocycles. The Balaban J connectivity index is 3.43. The highest BCUT2D eigenvalue weighted by atomic mass is 16.6. The number of unbranched alkanes of at least 4 members (excludes halogenated alkanes) is 13. The average Bonchev–Trinajstić information content (AvgIpc) is 2.67. The summed E-state index contributed by atoms with van der Waals surface area (Å²) in [5.41, 5.74) is 5.29. The Labute approximate surface area is 185 Å². The molecule has 0 bridgehead atoms. The van der Waals surface area contributed by atoms with Crippen LogP contribution in [0.25, 0.3) is 0 Å². The highest BCUT2D eigenvalue weighted by molar-refractivity contribution is 5.77. The quantitative estimate of drug-likeness (QED) is 0.189. The number of nitrogens with two attached hydrogens (primary N) is 1. The number of esters is 2. The second kappa shape index (κ2) is 18.7. The van der Waals surface area contributed by atoms with E-state index in [4.69, 9.17) is 15.2 Å². The highest BCUT2D eigenvalue weighted by Gasteiger charge is 2.20. The third kappa shape index (κ3) is 20.2. The van der Waals surface area contributed by atoms with Crippen molar-refractivity contribution in [1.29, 1.82) is 0 Å². The molecule has 0 fully saturated rings. The highest BCUT2D eigenvalue weighted by Crippen LogP contribution is 2.13. The normalized spacial score (nSPS) is 12.6. The Bertz CT molecular complexity index is 431. The molecular formula is C25H49NO4. The van der Waals surface area contributed by atoms with Crippen molar-refractivity contribution in [2.45, 2.75) is 142 Å². The molecule has 0 amide bonds. The van der Waals surface area contributed by atoms with Crippen LogP contribution in [0.15, 0.2) is 0 Å². The molecule has 0 heterocycles. The zero-order valence-corrected chi connectivity index (χ0v) is 20.3. The van der Waals surface area contributed by atoms with E-state index in [9.17, 15) is 9.59 Å². The van der Waals surface area contributed by atoms with Crippen LogP contribution in [-0.2, 0) is 19.1 Å². The van der Waals surface area contributed by atoms with Crippen molar-refractivity contribution in [3.63, 3.8) is 0 Å². The van der Waals surface area contributed by atoms with Gasteiger partial charge < -0.3 is 15.2 Å². The molecule has 0 aliphatic rings. The SMILES string of the molecule is CCCCCCCCCCCCCCCCOC(=O)[C@@H](N)CCC(=O)OC(C)(C)C. The summed E-state index contributed by atoms with van der Waals surface area (Å²) in [6.07, 6.45) is 18.5. The Morgan fingerprint density at radius 3 is 1.63 bits per heavy atom. The van der Waals surface area contributed by atoms with Crippen molar-refractivity contribution in [2.75, 3.05) is 6.61 Å². The molecule has 0 radical (unpaired) electrons. The molecule has 0 unspecified atom stereocenters. The summed E-state index contributed by atoms with van der Waals surface area (Å²) in [5, 5.41) is 0. The topological polar surface area (TPSA) is 78.6 Å². The predicted molar refractivity (Wildman–Crippen MR) is 124 cm³/mol. The molecule has 0 aromatic rings. The first-order chi connectivity index (χ1) is 14.3. The Morgan fingerprint density at radius 1 is 0.767 bits per heavy atom. The third-order valence-corrected chi connectivity index (χ3v) is 5.12. The van der Waals surface area contributed by atoms with Gasteiger partial charge in [0.05, 0.1) is 6.61 Å². The van der Waals surface area contributed by atoms with Crippen LogP contribution in [0.1, 0.15) is 130 Å². The van der Waals surface area contributed by atoms with Gasteiger partial charge in [-0.25, -0.2) is 0 Å². The molecule has 30 heavy (non-hydrogen) atoms. The monoisotopic (exact) mass is 427 g/mol. The molecule has 0 aliphatic carbocycles. The second-order valence-corrected chi connectivity index (χ2v) is 9.50. The fourth-order valence-electron chi connectivity index (χ4n) is 3.36. The zero-order chi connectivity index (χ0) is 22.7. The summed E-state index contributed by atoms with van der Waals surface area (Å²) in [6, 6.07) is -0.760. The maximum Gasteiger partial charge on any atom is 0.322 e. The standard InChI is InChI=1S/C25H49NO4/c1-5-6-7-8-9-10-11-12-13-14-15-16-17-18-21-29-24(28)22(26)19-20-23(27)30-25(2,3)4/h22H,5-21,26H2,1-4H3/t22-/m0/s1. The van der Waals surface area contributed by atoms with E-state index >= 15 is 0 Å². The van der Waals surface area contributed by atoms with Crippen LogP contribution in [0, 0.1) is 0 Å². The molecule has 1 atom stereocenters. The summed E-state index contributed by atoms with van der Waals surface area (Å²) < 4.78 is 10.4. The number of hydrogen-bond acceptors (Lipinski definition) is 5. The smallest absolute Gasteiger partial charge is 0.322 e. The fraction of sp³-hybridized carbons (Fsp3) is 0.920. The number of hydrogen-bond donors (Lipinski definition) is 1. The van der Waals surface area contributed by atoms with E-state index in [0.29, 0.717) is 6.61 Å². The number of rotatable bonds is 19.